The Hall–Kier alpha value is -2.87. The Labute approximate surface area is 103 Å². The van der Waals surface area contributed by atoms with Crippen LogP contribution >= 0.6 is 0 Å². The summed E-state index contributed by atoms with van der Waals surface area (Å²) in [5.74, 6) is 0.789. The molecule has 18 heavy (non-hydrogen) atoms. The van der Waals surface area contributed by atoms with Crippen molar-refractivity contribution in [3.8, 4) is 11.9 Å². The van der Waals surface area contributed by atoms with Gasteiger partial charge in [-0.2, -0.15) is 5.26 Å². The highest BCUT2D eigenvalue weighted by Crippen LogP contribution is 2.19. The van der Waals surface area contributed by atoms with Crippen molar-refractivity contribution in [2.45, 2.75) is 0 Å². The Kier molecular flexibility index (Phi) is 2.21. The van der Waals surface area contributed by atoms with Crippen LogP contribution in [0.2, 0.25) is 0 Å². The highest BCUT2D eigenvalue weighted by molar-refractivity contribution is 5.77. The van der Waals surface area contributed by atoms with Gasteiger partial charge in [0.05, 0.1) is 11.0 Å². The molecular weight excluding hydrogens is 226 g/mol. The van der Waals surface area contributed by atoms with Crippen molar-refractivity contribution in [2.75, 3.05) is 5.73 Å². The number of aromatic nitrogens is 3. The highest BCUT2D eigenvalue weighted by Gasteiger charge is 2.10. The minimum atomic E-state index is 0.307. The second kappa shape index (κ2) is 3.86. The zero-order valence-corrected chi connectivity index (χ0v) is 9.41. The van der Waals surface area contributed by atoms with Gasteiger partial charge in [-0.1, -0.05) is 12.1 Å². The van der Waals surface area contributed by atoms with Crippen LogP contribution in [0, 0.1) is 11.3 Å². The largest absolute Gasteiger partial charge is 0.381 e. The van der Waals surface area contributed by atoms with Crippen LogP contribution in [0.15, 0.2) is 42.6 Å². The summed E-state index contributed by atoms with van der Waals surface area (Å²) < 4.78 is 1.63. The number of nitriles is 1. The lowest BCUT2D eigenvalue weighted by Gasteiger charge is -2.07. The van der Waals surface area contributed by atoms with E-state index in [1.165, 1.54) is 0 Å². The van der Waals surface area contributed by atoms with Gasteiger partial charge in [0, 0.05) is 6.20 Å². The van der Waals surface area contributed by atoms with Gasteiger partial charge in [-0.3, -0.25) is 4.57 Å². The standard InChI is InChI=1S/C13H9N5/c14-8-9-4-3-7-18(9)13-12(15)16-10-5-1-2-6-11(10)17-13/h1-7H,(H2,15,16). The van der Waals surface area contributed by atoms with Crippen molar-refractivity contribution in [2.24, 2.45) is 0 Å². The molecule has 0 amide bonds. The van der Waals surface area contributed by atoms with Crippen LogP contribution < -0.4 is 5.73 Å². The maximum absolute atomic E-state index is 9.01. The van der Waals surface area contributed by atoms with Gasteiger partial charge in [0.15, 0.2) is 11.6 Å². The first-order valence-corrected chi connectivity index (χ1v) is 5.39. The van der Waals surface area contributed by atoms with E-state index in [9.17, 15) is 0 Å². The average molecular weight is 235 g/mol. The second-order valence-electron chi connectivity index (χ2n) is 3.80. The summed E-state index contributed by atoms with van der Waals surface area (Å²) in [6.45, 7) is 0. The summed E-state index contributed by atoms with van der Waals surface area (Å²) >= 11 is 0. The predicted molar refractivity (Wildman–Crippen MR) is 68.0 cm³/mol. The van der Waals surface area contributed by atoms with Gasteiger partial charge in [-0.25, -0.2) is 9.97 Å². The van der Waals surface area contributed by atoms with Crippen LogP contribution in [0.25, 0.3) is 16.9 Å². The fraction of sp³-hybridized carbons (Fsp3) is 0. The predicted octanol–water partition coefficient (Wildman–Crippen LogP) is 1.87. The molecule has 2 heterocycles. The molecule has 0 saturated heterocycles. The Morgan fingerprint density at radius 2 is 1.78 bits per heavy atom. The van der Waals surface area contributed by atoms with Crippen molar-refractivity contribution in [3.63, 3.8) is 0 Å². The molecule has 0 aliphatic rings. The average Bonchev–Trinajstić information content (AvgIpc) is 2.86. The number of nitrogen functional groups attached to an aromatic ring is 1. The Morgan fingerprint density at radius 1 is 1.06 bits per heavy atom. The summed E-state index contributed by atoms with van der Waals surface area (Å²) in [7, 11) is 0. The van der Waals surface area contributed by atoms with Gasteiger partial charge < -0.3 is 5.73 Å². The molecule has 0 aliphatic heterocycles. The van der Waals surface area contributed by atoms with Gasteiger partial charge in [0.2, 0.25) is 0 Å². The molecular formula is C13H9N5. The normalized spacial score (nSPS) is 10.4. The third kappa shape index (κ3) is 1.48. The molecule has 86 valence electrons. The van der Waals surface area contributed by atoms with Gasteiger partial charge in [-0.05, 0) is 24.3 Å². The summed E-state index contributed by atoms with van der Waals surface area (Å²) in [6, 6.07) is 13.0. The molecule has 3 aromatic rings. The quantitative estimate of drug-likeness (QED) is 0.698. The molecule has 0 saturated carbocycles. The van der Waals surface area contributed by atoms with Crippen molar-refractivity contribution in [3.05, 3.63) is 48.3 Å². The fourth-order valence-electron chi connectivity index (χ4n) is 1.84. The van der Waals surface area contributed by atoms with E-state index in [-0.39, 0.29) is 0 Å². The van der Waals surface area contributed by atoms with Gasteiger partial charge in [-0.15, -0.1) is 0 Å². The van der Waals surface area contributed by atoms with E-state index in [2.05, 4.69) is 16.0 Å². The second-order valence-corrected chi connectivity index (χ2v) is 3.80. The van der Waals surface area contributed by atoms with Crippen LogP contribution in [-0.2, 0) is 0 Å². The van der Waals surface area contributed by atoms with E-state index >= 15 is 0 Å². The highest BCUT2D eigenvalue weighted by atomic mass is 15.1. The SMILES string of the molecule is N#Cc1cccn1-c1nc2ccccc2nc1N. The molecule has 0 atom stereocenters. The topological polar surface area (TPSA) is 80.5 Å². The third-order valence-electron chi connectivity index (χ3n) is 2.67. The number of hydrogen-bond acceptors (Lipinski definition) is 4. The number of nitrogens with two attached hydrogens (primary N) is 1. The summed E-state index contributed by atoms with van der Waals surface area (Å²) in [5.41, 5.74) is 7.87. The lowest BCUT2D eigenvalue weighted by Crippen LogP contribution is -2.06. The zero-order valence-electron chi connectivity index (χ0n) is 9.41. The maximum Gasteiger partial charge on any atom is 0.181 e. The Morgan fingerprint density at radius 3 is 2.50 bits per heavy atom. The molecule has 0 radical (unpaired) electrons. The van der Waals surface area contributed by atoms with Crippen molar-refractivity contribution < 1.29 is 0 Å². The first-order chi connectivity index (χ1) is 8.79. The number of nitrogens with zero attached hydrogens (tertiary/aromatic N) is 4. The van der Waals surface area contributed by atoms with Gasteiger partial charge in [0.25, 0.3) is 0 Å². The van der Waals surface area contributed by atoms with E-state index in [4.69, 9.17) is 11.0 Å². The van der Waals surface area contributed by atoms with E-state index < -0.39 is 0 Å². The molecule has 0 fully saturated rings. The maximum atomic E-state index is 9.01. The van der Waals surface area contributed by atoms with Crippen LogP contribution in [0.4, 0.5) is 5.82 Å². The summed E-state index contributed by atoms with van der Waals surface area (Å²) in [4.78, 5) is 8.74. The van der Waals surface area contributed by atoms with Crippen molar-refractivity contribution in [1.29, 1.82) is 5.26 Å². The molecule has 1 aromatic carbocycles. The van der Waals surface area contributed by atoms with Crippen LogP contribution in [-0.4, -0.2) is 14.5 Å². The molecule has 0 unspecified atom stereocenters. The molecule has 2 N–H and O–H groups in total. The first kappa shape index (κ1) is 10.3. The molecule has 0 spiro atoms. The van der Waals surface area contributed by atoms with Crippen molar-refractivity contribution in [1.82, 2.24) is 14.5 Å². The zero-order chi connectivity index (χ0) is 12.5. The minimum absolute atomic E-state index is 0.307. The Balaban J connectivity index is 2.30. The molecule has 0 bridgehead atoms. The molecule has 2 aromatic heterocycles. The number of benzene rings is 1. The molecule has 3 rings (SSSR count). The summed E-state index contributed by atoms with van der Waals surface area (Å²) in [5, 5.41) is 9.01. The fourth-order valence-corrected chi connectivity index (χ4v) is 1.84. The van der Waals surface area contributed by atoms with Crippen LogP contribution in [0.3, 0.4) is 0 Å². The van der Waals surface area contributed by atoms with E-state index in [0.29, 0.717) is 17.3 Å². The third-order valence-corrected chi connectivity index (χ3v) is 2.67. The van der Waals surface area contributed by atoms with Crippen LogP contribution in [0.5, 0.6) is 0 Å². The number of fused-ring (bicyclic) bond motifs is 1. The van der Waals surface area contributed by atoms with Gasteiger partial charge >= 0.3 is 0 Å². The van der Waals surface area contributed by atoms with E-state index in [1.807, 2.05) is 24.3 Å². The lowest BCUT2D eigenvalue weighted by molar-refractivity contribution is 0.992. The lowest BCUT2D eigenvalue weighted by atomic mass is 10.3. The Bertz CT molecular complexity index is 766. The molecule has 0 aliphatic carbocycles. The van der Waals surface area contributed by atoms with E-state index in [1.54, 1.807) is 22.9 Å². The monoisotopic (exact) mass is 235 g/mol. The number of rotatable bonds is 1. The molecule has 5 nitrogen and oxygen atoms in total. The first-order valence-electron chi connectivity index (χ1n) is 5.39. The number of para-hydroxylation sites is 2. The van der Waals surface area contributed by atoms with Crippen molar-refractivity contribution >= 4 is 16.9 Å². The smallest absolute Gasteiger partial charge is 0.181 e. The molecule has 5 heteroatoms. The number of anilines is 1. The van der Waals surface area contributed by atoms with Crippen LogP contribution in [0.1, 0.15) is 5.69 Å². The number of hydrogen-bond donors (Lipinski definition) is 1. The minimum Gasteiger partial charge on any atom is -0.381 e. The van der Waals surface area contributed by atoms with E-state index in [0.717, 1.165) is 11.0 Å². The van der Waals surface area contributed by atoms with Gasteiger partial charge in [0.1, 0.15) is 11.8 Å². The summed E-state index contributed by atoms with van der Waals surface area (Å²) in [6.07, 6.45) is 1.74.